The summed E-state index contributed by atoms with van der Waals surface area (Å²) in [5, 5.41) is 5.82. The topological polar surface area (TPSA) is 80.5 Å². The molecule has 31 heavy (non-hydrogen) atoms. The van der Waals surface area contributed by atoms with Gasteiger partial charge in [0.25, 0.3) is 0 Å². The van der Waals surface area contributed by atoms with Gasteiger partial charge in [-0.15, -0.1) is 0 Å². The van der Waals surface area contributed by atoms with E-state index in [2.05, 4.69) is 15.5 Å². The smallest absolute Gasteiger partial charge is 0.437 e. The maximum absolute atomic E-state index is 13.1. The van der Waals surface area contributed by atoms with Crippen LogP contribution in [0.5, 0.6) is 5.75 Å². The predicted molar refractivity (Wildman–Crippen MR) is 109 cm³/mol. The SMILES string of the molecule is CCCc1c(OCCCN(C)C(=O)Nc2ccccn2)ccc2c(C(F)(F)F)noc12. The second kappa shape index (κ2) is 9.67. The van der Waals surface area contributed by atoms with Crippen LogP contribution >= 0.6 is 0 Å². The molecule has 0 bridgehead atoms. The van der Waals surface area contributed by atoms with Crippen LogP contribution in [0.15, 0.2) is 41.1 Å². The van der Waals surface area contributed by atoms with Crippen LogP contribution in [0.2, 0.25) is 0 Å². The number of benzene rings is 1. The van der Waals surface area contributed by atoms with Crippen molar-refractivity contribution in [2.24, 2.45) is 0 Å². The van der Waals surface area contributed by atoms with Gasteiger partial charge in [0.1, 0.15) is 11.6 Å². The molecule has 7 nitrogen and oxygen atoms in total. The minimum Gasteiger partial charge on any atom is -0.493 e. The van der Waals surface area contributed by atoms with E-state index < -0.39 is 11.9 Å². The van der Waals surface area contributed by atoms with Crippen molar-refractivity contribution < 1.29 is 27.2 Å². The Labute approximate surface area is 177 Å². The molecule has 10 heteroatoms. The van der Waals surface area contributed by atoms with Gasteiger partial charge < -0.3 is 14.2 Å². The zero-order valence-corrected chi connectivity index (χ0v) is 17.2. The summed E-state index contributed by atoms with van der Waals surface area (Å²) in [6.45, 7) is 2.62. The molecular weight excluding hydrogens is 413 g/mol. The first-order valence-electron chi connectivity index (χ1n) is 9.85. The molecule has 3 aromatic rings. The number of halogens is 3. The summed E-state index contributed by atoms with van der Waals surface area (Å²) >= 11 is 0. The number of nitrogens with one attached hydrogen (secondary N) is 1. The van der Waals surface area contributed by atoms with Crippen molar-refractivity contribution in [1.29, 1.82) is 0 Å². The molecule has 0 spiro atoms. The monoisotopic (exact) mass is 436 g/mol. The van der Waals surface area contributed by atoms with Gasteiger partial charge in [0.05, 0.1) is 12.0 Å². The molecule has 1 aromatic carbocycles. The van der Waals surface area contributed by atoms with Gasteiger partial charge in [-0.1, -0.05) is 24.6 Å². The Balaban J connectivity index is 1.60. The summed E-state index contributed by atoms with van der Waals surface area (Å²) in [5.41, 5.74) is -0.380. The van der Waals surface area contributed by atoms with Crippen LogP contribution in [0.3, 0.4) is 0 Å². The fraction of sp³-hybridized carbons (Fsp3) is 0.381. The molecular formula is C21H23F3N4O3. The molecule has 166 valence electrons. The van der Waals surface area contributed by atoms with Crippen LogP contribution < -0.4 is 10.1 Å². The summed E-state index contributed by atoms with van der Waals surface area (Å²) in [7, 11) is 1.65. The first kappa shape index (κ1) is 22.4. The fourth-order valence-electron chi connectivity index (χ4n) is 3.09. The average Bonchev–Trinajstić information content (AvgIpc) is 3.18. The Morgan fingerprint density at radius 1 is 1.26 bits per heavy atom. The number of pyridine rings is 1. The predicted octanol–water partition coefficient (Wildman–Crippen LogP) is 5.13. The highest BCUT2D eigenvalue weighted by Crippen LogP contribution is 2.38. The van der Waals surface area contributed by atoms with E-state index >= 15 is 0 Å². The van der Waals surface area contributed by atoms with E-state index in [1.54, 1.807) is 31.4 Å². The third kappa shape index (κ3) is 5.44. The van der Waals surface area contributed by atoms with Crippen LogP contribution in [0, 0.1) is 0 Å². The molecule has 2 aromatic heterocycles. The minimum atomic E-state index is -4.59. The van der Waals surface area contributed by atoms with E-state index in [1.807, 2.05) is 6.92 Å². The van der Waals surface area contributed by atoms with E-state index in [1.165, 1.54) is 17.0 Å². The van der Waals surface area contributed by atoms with Crippen LogP contribution in [0.25, 0.3) is 11.0 Å². The third-order valence-electron chi connectivity index (χ3n) is 4.61. The number of fused-ring (bicyclic) bond motifs is 1. The van der Waals surface area contributed by atoms with Gasteiger partial charge in [-0.25, -0.2) is 9.78 Å². The normalized spacial score (nSPS) is 11.5. The summed E-state index contributed by atoms with van der Waals surface area (Å²) < 4.78 is 50.1. The summed E-state index contributed by atoms with van der Waals surface area (Å²) in [6, 6.07) is 7.74. The second-order valence-electron chi connectivity index (χ2n) is 6.97. The highest BCUT2D eigenvalue weighted by Gasteiger charge is 2.37. The number of anilines is 1. The number of carbonyl (C=O) groups is 1. The van der Waals surface area contributed by atoms with Crippen molar-refractivity contribution >= 4 is 22.8 Å². The minimum absolute atomic E-state index is 0.0748. The van der Waals surface area contributed by atoms with Gasteiger partial charge in [0.2, 0.25) is 0 Å². The number of ether oxygens (including phenoxy) is 1. The fourth-order valence-corrected chi connectivity index (χ4v) is 3.09. The molecule has 0 saturated heterocycles. The average molecular weight is 436 g/mol. The standard InChI is InChI=1S/C21H23F3N4O3/c1-3-7-14-16(10-9-15-18(14)31-27-19(15)21(22,23)24)30-13-6-12-28(2)20(29)26-17-8-4-5-11-25-17/h4-5,8-11H,3,6-7,12-13H2,1-2H3,(H,25,26,29). The van der Waals surface area contributed by atoms with Crippen molar-refractivity contribution in [2.75, 3.05) is 25.5 Å². The van der Waals surface area contributed by atoms with E-state index in [-0.39, 0.29) is 23.6 Å². The second-order valence-corrected chi connectivity index (χ2v) is 6.97. The molecule has 2 amide bonds. The Hall–Kier alpha value is -3.30. The van der Waals surface area contributed by atoms with Crippen LogP contribution in [0.1, 0.15) is 31.0 Å². The lowest BCUT2D eigenvalue weighted by Crippen LogP contribution is -2.33. The molecule has 0 saturated carbocycles. The zero-order valence-electron chi connectivity index (χ0n) is 17.2. The molecule has 0 aliphatic heterocycles. The molecule has 2 heterocycles. The van der Waals surface area contributed by atoms with Gasteiger partial charge in [-0.05, 0) is 37.1 Å². The Kier molecular flexibility index (Phi) is 6.98. The van der Waals surface area contributed by atoms with Crippen molar-refractivity contribution in [1.82, 2.24) is 15.0 Å². The van der Waals surface area contributed by atoms with E-state index in [9.17, 15) is 18.0 Å². The Morgan fingerprint density at radius 2 is 2.06 bits per heavy atom. The van der Waals surface area contributed by atoms with Gasteiger partial charge in [0.15, 0.2) is 11.3 Å². The quantitative estimate of drug-likeness (QED) is 0.496. The maximum Gasteiger partial charge on any atom is 0.437 e. The molecule has 0 aliphatic carbocycles. The molecule has 0 aliphatic rings. The number of urea groups is 1. The number of alkyl halides is 3. The molecule has 3 rings (SSSR count). The van der Waals surface area contributed by atoms with E-state index in [0.717, 1.165) is 0 Å². The lowest BCUT2D eigenvalue weighted by atomic mass is 10.0. The van der Waals surface area contributed by atoms with Crippen molar-refractivity contribution in [3.05, 3.63) is 47.8 Å². The lowest BCUT2D eigenvalue weighted by molar-refractivity contribution is -0.141. The lowest BCUT2D eigenvalue weighted by Gasteiger charge is -2.18. The number of aryl methyl sites for hydroxylation is 1. The van der Waals surface area contributed by atoms with Gasteiger partial charge in [0, 0.05) is 25.4 Å². The van der Waals surface area contributed by atoms with Gasteiger partial charge in [-0.3, -0.25) is 5.32 Å². The van der Waals surface area contributed by atoms with E-state index in [0.29, 0.717) is 42.9 Å². The number of rotatable bonds is 8. The largest absolute Gasteiger partial charge is 0.493 e. The summed E-state index contributed by atoms with van der Waals surface area (Å²) in [5.74, 6) is 0.915. The number of aromatic nitrogens is 2. The number of hydrogen-bond acceptors (Lipinski definition) is 5. The Bertz CT molecular complexity index is 1020. The van der Waals surface area contributed by atoms with Crippen molar-refractivity contribution in [2.45, 2.75) is 32.4 Å². The first-order chi connectivity index (χ1) is 14.8. The third-order valence-corrected chi connectivity index (χ3v) is 4.61. The highest BCUT2D eigenvalue weighted by atomic mass is 19.4. The molecule has 1 N–H and O–H groups in total. The number of hydrogen-bond donors (Lipinski definition) is 1. The van der Waals surface area contributed by atoms with Gasteiger partial charge in [-0.2, -0.15) is 13.2 Å². The molecule has 0 fully saturated rings. The zero-order chi connectivity index (χ0) is 22.4. The number of nitrogens with zero attached hydrogens (tertiary/aromatic N) is 3. The number of carbonyl (C=O) groups excluding carboxylic acids is 1. The van der Waals surface area contributed by atoms with Crippen molar-refractivity contribution in [3.8, 4) is 5.75 Å². The molecule has 0 unspecified atom stereocenters. The van der Waals surface area contributed by atoms with Crippen LogP contribution in [-0.4, -0.2) is 41.3 Å². The number of amides is 2. The van der Waals surface area contributed by atoms with E-state index in [4.69, 9.17) is 9.26 Å². The van der Waals surface area contributed by atoms with Crippen molar-refractivity contribution in [3.63, 3.8) is 0 Å². The molecule has 0 atom stereocenters. The van der Waals surface area contributed by atoms with Crippen LogP contribution in [-0.2, 0) is 12.6 Å². The van der Waals surface area contributed by atoms with Crippen LogP contribution in [0.4, 0.5) is 23.8 Å². The van der Waals surface area contributed by atoms with Gasteiger partial charge >= 0.3 is 12.2 Å². The first-order valence-corrected chi connectivity index (χ1v) is 9.85. The molecule has 0 radical (unpaired) electrons. The summed E-state index contributed by atoms with van der Waals surface area (Å²) in [4.78, 5) is 17.7. The highest BCUT2D eigenvalue weighted by molar-refractivity contribution is 5.88. The Morgan fingerprint density at radius 3 is 2.74 bits per heavy atom. The summed E-state index contributed by atoms with van der Waals surface area (Å²) in [6.07, 6.45) is -1.28. The maximum atomic E-state index is 13.1.